The van der Waals surface area contributed by atoms with E-state index in [4.69, 9.17) is 4.74 Å². The van der Waals surface area contributed by atoms with Gasteiger partial charge < -0.3 is 15.0 Å². The maximum Gasteiger partial charge on any atom is 0.248 e. The third-order valence-corrected chi connectivity index (χ3v) is 5.66. The highest BCUT2D eigenvalue weighted by Gasteiger charge is 2.24. The third-order valence-electron chi connectivity index (χ3n) is 4.66. The Morgan fingerprint density at radius 2 is 2.00 bits per heavy atom. The number of halogens is 1. The molecule has 3 aromatic rings. The number of nitrogens with zero attached hydrogens (tertiary/aromatic N) is 2. The van der Waals surface area contributed by atoms with Crippen molar-refractivity contribution < 1.29 is 13.9 Å². The Kier molecular flexibility index (Phi) is 5.60. The molecule has 2 heterocycles. The molecule has 0 radical (unpaired) electrons. The average molecular weight is 412 g/mol. The molecule has 1 saturated heterocycles. The molecule has 4 rings (SSSR count). The molecule has 1 amide bonds. The van der Waals surface area contributed by atoms with E-state index < -0.39 is 0 Å². The summed E-state index contributed by atoms with van der Waals surface area (Å²) in [7, 11) is 0. The quantitative estimate of drug-likeness (QED) is 0.632. The molecule has 2 aromatic carbocycles. The number of morpholine rings is 1. The normalized spacial score (nSPS) is 19.8. The number of ether oxygens (including phenoxy) is 1. The molecule has 2 unspecified atom stereocenters. The maximum atomic E-state index is 14.6. The minimum Gasteiger partial charge on any atom is -0.372 e. The molecule has 0 aliphatic carbocycles. The number of benzene rings is 2. The van der Waals surface area contributed by atoms with Crippen LogP contribution in [-0.4, -0.2) is 36.2 Å². The second-order valence-electron chi connectivity index (χ2n) is 7.17. The number of aromatic nitrogens is 1. The van der Waals surface area contributed by atoms with Gasteiger partial charge in [-0.3, -0.25) is 4.79 Å². The van der Waals surface area contributed by atoms with Crippen molar-refractivity contribution in [3.8, 4) is 0 Å². The van der Waals surface area contributed by atoms with Gasteiger partial charge >= 0.3 is 0 Å². The van der Waals surface area contributed by atoms with Gasteiger partial charge in [0.25, 0.3) is 0 Å². The molecule has 7 heteroatoms. The van der Waals surface area contributed by atoms with E-state index in [1.807, 2.05) is 43.0 Å². The van der Waals surface area contributed by atoms with Crippen LogP contribution in [0.2, 0.25) is 0 Å². The number of para-hydroxylation sites is 1. The smallest absolute Gasteiger partial charge is 0.248 e. The lowest BCUT2D eigenvalue weighted by atomic mass is 10.2. The Bertz CT molecular complexity index is 1020. The molecule has 5 nitrogen and oxygen atoms in total. The number of anilines is 2. The molecule has 1 aliphatic heterocycles. The summed E-state index contributed by atoms with van der Waals surface area (Å²) in [4.78, 5) is 18.7. The van der Waals surface area contributed by atoms with E-state index in [1.54, 1.807) is 18.2 Å². The summed E-state index contributed by atoms with van der Waals surface area (Å²) in [5, 5.41) is 3.45. The average Bonchev–Trinajstić information content (AvgIpc) is 3.09. The summed E-state index contributed by atoms with van der Waals surface area (Å²) in [6.45, 7) is 5.23. The Morgan fingerprint density at radius 3 is 2.72 bits per heavy atom. The number of thiazole rings is 1. The first-order chi connectivity index (χ1) is 14.0. The molecule has 29 heavy (non-hydrogen) atoms. The topological polar surface area (TPSA) is 54.5 Å². The van der Waals surface area contributed by atoms with Crippen LogP contribution in [0.15, 0.2) is 48.5 Å². The fourth-order valence-corrected chi connectivity index (χ4v) is 4.38. The van der Waals surface area contributed by atoms with Crippen molar-refractivity contribution in [3.63, 3.8) is 0 Å². The standard InChI is InChI=1S/C22H22FN3O2S/c1-14-12-26(13-15(2)28-14)19-8-7-16(11-17(19)23)24-21(27)9-10-22-25-18-5-3-4-6-20(18)29-22/h3-11,14-15H,12-13H2,1-2H3,(H,24,27)/b10-9+. The van der Waals surface area contributed by atoms with Crippen LogP contribution < -0.4 is 10.2 Å². The predicted molar refractivity (Wildman–Crippen MR) is 116 cm³/mol. The molecule has 0 bridgehead atoms. The van der Waals surface area contributed by atoms with Crippen molar-refractivity contribution in [3.05, 3.63) is 59.4 Å². The van der Waals surface area contributed by atoms with E-state index in [0.717, 1.165) is 15.2 Å². The zero-order valence-electron chi connectivity index (χ0n) is 16.3. The Labute approximate surface area is 172 Å². The van der Waals surface area contributed by atoms with E-state index in [2.05, 4.69) is 10.3 Å². The number of hydrogen-bond acceptors (Lipinski definition) is 5. The lowest BCUT2D eigenvalue weighted by Crippen LogP contribution is -2.45. The number of hydrogen-bond donors (Lipinski definition) is 1. The summed E-state index contributed by atoms with van der Waals surface area (Å²) in [5.41, 5.74) is 1.84. The van der Waals surface area contributed by atoms with E-state index in [0.29, 0.717) is 24.5 Å². The van der Waals surface area contributed by atoms with Gasteiger partial charge in [0.15, 0.2) is 0 Å². The Balaban J connectivity index is 1.42. The van der Waals surface area contributed by atoms with Crippen LogP contribution in [0.5, 0.6) is 0 Å². The number of fused-ring (bicyclic) bond motifs is 1. The van der Waals surface area contributed by atoms with Gasteiger partial charge in [0.05, 0.1) is 28.1 Å². The molecule has 1 aromatic heterocycles. The molecule has 0 spiro atoms. The number of rotatable bonds is 4. The molecule has 1 fully saturated rings. The molecule has 150 valence electrons. The van der Waals surface area contributed by atoms with Crippen LogP contribution in [0.4, 0.5) is 15.8 Å². The molecular weight excluding hydrogens is 389 g/mol. The summed E-state index contributed by atoms with van der Waals surface area (Å²) in [6.07, 6.45) is 3.17. The molecular formula is C22H22FN3O2S. The molecule has 0 saturated carbocycles. The van der Waals surface area contributed by atoms with Crippen LogP contribution in [0.3, 0.4) is 0 Å². The zero-order valence-corrected chi connectivity index (χ0v) is 17.1. The SMILES string of the molecule is CC1CN(c2ccc(NC(=O)/C=C/c3nc4ccccc4s3)cc2F)CC(C)O1. The van der Waals surface area contributed by atoms with Gasteiger partial charge in [-0.15, -0.1) is 11.3 Å². The zero-order chi connectivity index (χ0) is 20.4. The van der Waals surface area contributed by atoms with Gasteiger partial charge in [-0.1, -0.05) is 12.1 Å². The minimum absolute atomic E-state index is 0.0465. The fraction of sp³-hybridized carbons (Fsp3) is 0.273. The highest BCUT2D eigenvalue weighted by Crippen LogP contribution is 2.26. The van der Waals surface area contributed by atoms with Gasteiger partial charge in [0, 0.05) is 24.9 Å². The first kappa shape index (κ1) is 19.5. The highest BCUT2D eigenvalue weighted by molar-refractivity contribution is 7.19. The predicted octanol–water partition coefficient (Wildman–Crippen LogP) is 4.70. The van der Waals surface area contributed by atoms with Gasteiger partial charge in [-0.2, -0.15) is 0 Å². The minimum atomic E-state index is -0.362. The first-order valence-corrected chi connectivity index (χ1v) is 10.3. The second kappa shape index (κ2) is 8.31. The Morgan fingerprint density at radius 1 is 1.24 bits per heavy atom. The summed E-state index contributed by atoms with van der Waals surface area (Å²) < 4.78 is 21.4. The van der Waals surface area contributed by atoms with E-state index in [1.165, 1.54) is 23.5 Å². The van der Waals surface area contributed by atoms with Crippen molar-refractivity contribution in [2.45, 2.75) is 26.1 Å². The number of carbonyl (C=O) groups is 1. The summed E-state index contributed by atoms with van der Waals surface area (Å²) in [5.74, 6) is -0.690. The lowest BCUT2D eigenvalue weighted by molar-refractivity contribution is -0.111. The monoisotopic (exact) mass is 411 g/mol. The van der Waals surface area contributed by atoms with Crippen molar-refractivity contribution in [2.24, 2.45) is 0 Å². The number of carbonyl (C=O) groups excluding carboxylic acids is 1. The van der Waals surface area contributed by atoms with Gasteiger partial charge in [-0.05, 0) is 50.3 Å². The van der Waals surface area contributed by atoms with E-state index in [9.17, 15) is 9.18 Å². The molecule has 1 N–H and O–H groups in total. The largest absolute Gasteiger partial charge is 0.372 e. The molecule has 1 aliphatic rings. The van der Waals surface area contributed by atoms with Crippen molar-refractivity contribution in [1.82, 2.24) is 4.98 Å². The third kappa shape index (κ3) is 4.63. The van der Waals surface area contributed by atoms with Gasteiger partial charge in [0.2, 0.25) is 5.91 Å². The summed E-state index contributed by atoms with van der Waals surface area (Å²) in [6, 6.07) is 12.6. The van der Waals surface area contributed by atoms with Crippen LogP contribution >= 0.6 is 11.3 Å². The van der Waals surface area contributed by atoms with Gasteiger partial charge in [0.1, 0.15) is 10.8 Å². The van der Waals surface area contributed by atoms with Crippen molar-refractivity contribution >= 4 is 44.9 Å². The maximum absolute atomic E-state index is 14.6. The highest BCUT2D eigenvalue weighted by atomic mass is 32.1. The number of amides is 1. The number of nitrogens with one attached hydrogen (secondary N) is 1. The first-order valence-electron chi connectivity index (χ1n) is 9.52. The van der Waals surface area contributed by atoms with Crippen LogP contribution in [-0.2, 0) is 9.53 Å². The van der Waals surface area contributed by atoms with E-state index in [-0.39, 0.29) is 23.9 Å². The molecule has 2 atom stereocenters. The van der Waals surface area contributed by atoms with Gasteiger partial charge in [-0.25, -0.2) is 9.37 Å². The van der Waals surface area contributed by atoms with Crippen LogP contribution in [0.1, 0.15) is 18.9 Å². The van der Waals surface area contributed by atoms with Crippen LogP contribution in [0.25, 0.3) is 16.3 Å². The second-order valence-corrected chi connectivity index (χ2v) is 8.23. The Hall–Kier alpha value is -2.77. The fourth-order valence-electron chi connectivity index (χ4n) is 3.51. The summed E-state index contributed by atoms with van der Waals surface area (Å²) >= 11 is 1.51. The van der Waals surface area contributed by atoms with E-state index >= 15 is 0 Å². The van der Waals surface area contributed by atoms with Crippen LogP contribution in [0, 0.1) is 5.82 Å². The lowest BCUT2D eigenvalue weighted by Gasteiger charge is -2.37. The van der Waals surface area contributed by atoms with Crippen molar-refractivity contribution in [2.75, 3.05) is 23.3 Å². The van der Waals surface area contributed by atoms with Crippen molar-refractivity contribution in [1.29, 1.82) is 0 Å².